The molecule has 136 valence electrons. The number of benzene rings is 1. The van der Waals surface area contributed by atoms with Crippen molar-refractivity contribution in [2.45, 2.75) is 19.4 Å². The van der Waals surface area contributed by atoms with Crippen LogP contribution >= 0.6 is 0 Å². The maximum Gasteiger partial charge on any atom is 0.228 e. The van der Waals surface area contributed by atoms with Crippen LogP contribution in [0.15, 0.2) is 59.5 Å². The number of imidazole rings is 1. The minimum atomic E-state index is -0.0303. The molecule has 1 amide bonds. The third kappa shape index (κ3) is 4.00. The molecule has 27 heavy (non-hydrogen) atoms. The van der Waals surface area contributed by atoms with Gasteiger partial charge in [-0.1, -0.05) is 23.4 Å². The van der Waals surface area contributed by atoms with Crippen molar-refractivity contribution in [3.63, 3.8) is 0 Å². The summed E-state index contributed by atoms with van der Waals surface area (Å²) >= 11 is 0. The molecule has 3 aromatic heterocycles. The Morgan fingerprint density at radius 3 is 2.89 bits per heavy atom. The summed E-state index contributed by atoms with van der Waals surface area (Å²) in [4.78, 5) is 24.9. The molecule has 0 saturated carbocycles. The van der Waals surface area contributed by atoms with Crippen molar-refractivity contribution in [1.29, 1.82) is 0 Å². The maximum absolute atomic E-state index is 12.1. The molecule has 8 nitrogen and oxygen atoms in total. The van der Waals surface area contributed by atoms with Crippen LogP contribution in [-0.4, -0.2) is 37.1 Å². The van der Waals surface area contributed by atoms with Gasteiger partial charge in [-0.3, -0.25) is 9.78 Å². The van der Waals surface area contributed by atoms with E-state index in [1.165, 1.54) is 0 Å². The van der Waals surface area contributed by atoms with Gasteiger partial charge < -0.3 is 14.4 Å². The SMILES string of the molecule is O=C(CCn1cnc2ccccc21)NCCc1nc(-c2ccccn2)no1. The van der Waals surface area contributed by atoms with E-state index in [4.69, 9.17) is 4.52 Å². The molecular weight excluding hydrogens is 344 g/mol. The highest BCUT2D eigenvalue weighted by molar-refractivity contribution is 5.77. The van der Waals surface area contributed by atoms with Gasteiger partial charge in [-0.25, -0.2) is 4.98 Å². The second kappa shape index (κ2) is 7.77. The first-order valence-electron chi connectivity index (χ1n) is 8.70. The van der Waals surface area contributed by atoms with Crippen LogP contribution in [0, 0.1) is 0 Å². The van der Waals surface area contributed by atoms with Crippen molar-refractivity contribution >= 4 is 16.9 Å². The summed E-state index contributed by atoms with van der Waals surface area (Å²) in [7, 11) is 0. The van der Waals surface area contributed by atoms with Crippen LogP contribution in [0.5, 0.6) is 0 Å². The quantitative estimate of drug-likeness (QED) is 0.541. The van der Waals surface area contributed by atoms with E-state index in [1.54, 1.807) is 12.5 Å². The molecule has 1 N–H and O–H groups in total. The van der Waals surface area contributed by atoms with Gasteiger partial charge in [0, 0.05) is 32.1 Å². The molecule has 0 bridgehead atoms. The number of amides is 1. The van der Waals surface area contributed by atoms with E-state index in [1.807, 2.05) is 47.0 Å². The number of para-hydroxylation sites is 2. The van der Waals surface area contributed by atoms with Crippen LogP contribution in [0.4, 0.5) is 0 Å². The number of aromatic nitrogens is 5. The molecule has 0 aliphatic carbocycles. The Kier molecular flexibility index (Phi) is 4.86. The summed E-state index contributed by atoms with van der Waals surface area (Å²) in [5.74, 6) is 0.887. The second-order valence-electron chi connectivity index (χ2n) is 6.00. The van der Waals surface area contributed by atoms with Gasteiger partial charge in [0.25, 0.3) is 0 Å². The van der Waals surface area contributed by atoms with E-state index >= 15 is 0 Å². The number of nitrogens with zero attached hydrogens (tertiary/aromatic N) is 5. The van der Waals surface area contributed by atoms with Crippen LogP contribution < -0.4 is 5.32 Å². The van der Waals surface area contributed by atoms with E-state index in [9.17, 15) is 4.79 Å². The summed E-state index contributed by atoms with van der Waals surface area (Å²) in [6, 6.07) is 13.4. The Balaban J connectivity index is 1.25. The van der Waals surface area contributed by atoms with Crippen molar-refractivity contribution in [3.05, 3.63) is 60.9 Å². The standard InChI is InChI=1S/C19H18N6O2/c26-17(9-12-25-13-22-14-5-1-2-7-16(14)25)21-11-8-18-23-19(24-27-18)15-6-3-4-10-20-15/h1-7,10,13H,8-9,11-12H2,(H,21,26). The summed E-state index contributed by atoms with van der Waals surface area (Å²) in [6.07, 6.45) is 4.29. The van der Waals surface area contributed by atoms with Crippen molar-refractivity contribution in [1.82, 2.24) is 30.0 Å². The van der Waals surface area contributed by atoms with Crippen LogP contribution in [0.3, 0.4) is 0 Å². The minimum Gasteiger partial charge on any atom is -0.356 e. The molecule has 0 spiro atoms. The third-order valence-corrected chi connectivity index (χ3v) is 4.13. The zero-order chi connectivity index (χ0) is 18.5. The lowest BCUT2D eigenvalue weighted by Crippen LogP contribution is -2.26. The summed E-state index contributed by atoms with van der Waals surface area (Å²) in [5, 5.41) is 6.79. The van der Waals surface area contributed by atoms with E-state index in [-0.39, 0.29) is 5.91 Å². The lowest BCUT2D eigenvalue weighted by Gasteiger charge is -2.05. The summed E-state index contributed by atoms with van der Waals surface area (Å²) < 4.78 is 7.18. The third-order valence-electron chi connectivity index (χ3n) is 4.13. The zero-order valence-electron chi connectivity index (χ0n) is 14.6. The number of carbonyl (C=O) groups excluding carboxylic acids is 1. The van der Waals surface area contributed by atoms with Crippen LogP contribution in [0.1, 0.15) is 12.3 Å². The molecule has 4 rings (SSSR count). The average molecular weight is 362 g/mol. The van der Waals surface area contributed by atoms with Gasteiger partial charge in [0.05, 0.1) is 17.4 Å². The normalized spacial score (nSPS) is 11.0. The highest BCUT2D eigenvalue weighted by Crippen LogP contribution is 2.13. The first-order chi connectivity index (χ1) is 13.3. The molecule has 0 aliphatic rings. The number of pyridine rings is 1. The maximum atomic E-state index is 12.1. The second-order valence-corrected chi connectivity index (χ2v) is 6.00. The Labute approximate surface area is 155 Å². The Bertz CT molecular complexity index is 1040. The Hall–Kier alpha value is -3.55. The van der Waals surface area contributed by atoms with Crippen molar-refractivity contribution in [2.24, 2.45) is 0 Å². The Morgan fingerprint density at radius 2 is 2.00 bits per heavy atom. The molecule has 0 saturated heterocycles. The van der Waals surface area contributed by atoms with Crippen LogP contribution in [-0.2, 0) is 17.8 Å². The molecule has 8 heteroatoms. The van der Waals surface area contributed by atoms with Gasteiger partial charge in [-0.2, -0.15) is 4.98 Å². The van der Waals surface area contributed by atoms with E-state index in [2.05, 4.69) is 25.4 Å². The molecule has 0 unspecified atom stereocenters. The van der Waals surface area contributed by atoms with Gasteiger partial charge in [-0.05, 0) is 24.3 Å². The summed E-state index contributed by atoms with van der Waals surface area (Å²) in [6.45, 7) is 1.02. The van der Waals surface area contributed by atoms with E-state index < -0.39 is 0 Å². The predicted octanol–water partition coefficient (Wildman–Crippen LogP) is 2.23. The Morgan fingerprint density at radius 1 is 1.11 bits per heavy atom. The number of carbonyl (C=O) groups is 1. The molecule has 4 aromatic rings. The van der Waals surface area contributed by atoms with Crippen molar-refractivity contribution in [3.8, 4) is 11.5 Å². The first-order valence-corrected chi connectivity index (χ1v) is 8.70. The zero-order valence-corrected chi connectivity index (χ0v) is 14.6. The van der Waals surface area contributed by atoms with E-state index in [0.29, 0.717) is 43.3 Å². The molecule has 0 radical (unpaired) electrons. The average Bonchev–Trinajstić information content (AvgIpc) is 3.34. The largest absolute Gasteiger partial charge is 0.356 e. The van der Waals surface area contributed by atoms with Crippen molar-refractivity contribution in [2.75, 3.05) is 6.54 Å². The number of aryl methyl sites for hydroxylation is 1. The van der Waals surface area contributed by atoms with Crippen molar-refractivity contribution < 1.29 is 9.32 Å². The smallest absolute Gasteiger partial charge is 0.228 e. The highest BCUT2D eigenvalue weighted by Gasteiger charge is 2.10. The van der Waals surface area contributed by atoms with Crippen LogP contribution in [0.25, 0.3) is 22.6 Å². The molecular formula is C19H18N6O2. The highest BCUT2D eigenvalue weighted by atomic mass is 16.5. The molecule has 0 aliphatic heterocycles. The fraction of sp³-hybridized carbons (Fsp3) is 0.211. The lowest BCUT2D eigenvalue weighted by atomic mass is 10.3. The molecule has 0 fully saturated rings. The molecule has 3 heterocycles. The van der Waals surface area contributed by atoms with Gasteiger partial charge >= 0.3 is 0 Å². The van der Waals surface area contributed by atoms with Gasteiger partial charge in [-0.15, -0.1) is 0 Å². The van der Waals surface area contributed by atoms with Gasteiger partial charge in [0.15, 0.2) is 0 Å². The number of fused-ring (bicyclic) bond motifs is 1. The minimum absolute atomic E-state index is 0.0303. The topological polar surface area (TPSA) is 98.7 Å². The fourth-order valence-corrected chi connectivity index (χ4v) is 2.76. The van der Waals surface area contributed by atoms with Gasteiger partial charge in [0.1, 0.15) is 5.69 Å². The predicted molar refractivity (Wildman–Crippen MR) is 98.6 cm³/mol. The van der Waals surface area contributed by atoms with Crippen LogP contribution in [0.2, 0.25) is 0 Å². The fourth-order valence-electron chi connectivity index (χ4n) is 2.76. The first kappa shape index (κ1) is 16.9. The number of nitrogens with one attached hydrogen (secondary N) is 1. The molecule has 0 atom stereocenters. The lowest BCUT2D eigenvalue weighted by molar-refractivity contribution is -0.121. The number of hydrogen-bond donors (Lipinski definition) is 1. The molecule has 1 aromatic carbocycles. The number of rotatable bonds is 7. The van der Waals surface area contributed by atoms with E-state index in [0.717, 1.165) is 11.0 Å². The number of hydrogen-bond acceptors (Lipinski definition) is 6. The summed E-state index contributed by atoms with van der Waals surface area (Å²) in [5.41, 5.74) is 2.61. The monoisotopic (exact) mass is 362 g/mol. The van der Waals surface area contributed by atoms with Gasteiger partial charge in [0.2, 0.25) is 17.6 Å².